The fourth-order valence-electron chi connectivity index (χ4n) is 2.91. The maximum Gasteiger partial charge on any atom is 0.0992 e. The average molecular weight is 394 g/mol. The average Bonchev–Trinajstić information content (AvgIpc) is 2.89. The van der Waals surface area contributed by atoms with Gasteiger partial charge in [0.2, 0.25) is 0 Å². The summed E-state index contributed by atoms with van der Waals surface area (Å²) < 4.78 is 3.43. The minimum atomic E-state index is 0.682. The molecular formula is C19H11IN2. The van der Waals surface area contributed by atoms with Crippen LogP contribution in [0.3, 0.4) is 0 Å². The molecule has 4 aromatic rings. The Labute approximate surface area is 141 Å². The Bertz CT molecular complexity index is 1040. The second-order valence-electron chi connectivity index (χ2n) is 5.17. The van der Waals surface area contributed by atoms with Crippen molar-refractivity contribution < 1.29 is 0 Å². The first-order chi connectivity index (χ1) is 10.8. The Morgan fingerprint density at radius 3 is 2.32 bits per heavy atom. The fourth-order valence-corrected chi connectivity index (χ4v) is 3.27. The number of hydrogen-bond donors (Lipinski definition) is 0. The third kappa shape index (κ3) is 1.99. The van der Waals surface area contributed by atoms with E-state index in [1.54, 1.807) is 0 Å². The van der Waals surface area contributed by atoms with E-state index < -0.39 is 0 Å². The number of fused-ring (bicyclic) bond motifs is 3. The molecule has 0 aliphatic carbocycles. The lowest BCUT2D eigenvalue weighted by Crippen LogP contribution is -1.93. The Morgan fingerprint density at radius 1 is 0.818 bits per heavy atom. The van der Waals surface area contributed by atoms with Gasteiger partial charge in [-0.25, -0.2) is 0 Å². The third-order valence-electron chi connectivity index (χ3n) is 3.89. The quantitative estimate of drug-likeness (QED) is 0.405. The summed E-state index contributed by atoms with van der Waals surface area (Å²) in [6, 6.07) is 24.9. The largest absolute Gasteiger partial charge is 0.309 e. The van der Waals surface area contributed by atoms with Crippen LogP contribution in [0.15, 0.2) is 66.7 Å². The third-order valence-corrected chi connectivity index (χ3v) is 4.61. The van der Waals surface area contributed by atoms with Gasteiger partial charge in [-0.1, -0.05) is 24.3 Å². The molecule has 0 atom stereocenters. The summed E-state index contributed by atoms with van der Waals surface area (Å²) in [7, 11) is 0. The number of nitriles is 1. The van der Waals surface area contributed by atoms with Gasteiger partial charge < -0.3 is 4.57 Å². The first-order valence-corrected chi connectivity index (χ1v) is 8.05. The SMILES string of the molecule is N#Cc1ccc2c3ccccc3n(-c3ccc(I)cc3)c2c1. The van der Waals surface area contributed by atoms with Gasteiger partial charge in [0, 0.05) is 20.0 Å². The summed E-state index contributed by atoms with van der Waals surface area (Å²) in [5.74, 6) is 0. The Kier molecular flexibility index (Phi) is 3.12. The summed E-state index contributed by atoms with van der Waals surface area (Å²) in [5, 5.41) is 11.6. The highest BCUT2D eigenvalue weighted by atomic mass is 127. The number of hydrogen-bond acceptors (Lipinski definition) is 1. The number of halogens is 1. The van der Waals surface area contributed by atoms with Gasteiger partial charge in [0.05, 0.1) is 22.7 Å². The van der Waals surface area contributed by atoms with Crippen LogP contribution in [0.1, 0.15) is 5.56 Å². The second-order valence-corrected chi connectivity index (χ2v) is 6.42. The molecule has 2 nitrogen and oxygen atoms in total. The van der Waals surface area contributed by atoms with Crippen molar-refractivity contribution in [1.82, 2.24) is 4.57 Å². The van der Waals surface area contributed by atoms with Crippen molar-refractivity contribution in [2.24, 2.45) is 0 Å². The van der Waals surface area contributed by atoms with Crippen molar-refractivity contribution >= 4 is 44.4 Å². The summed E-state index contributed by atoms with van der Waals surface area (Å²) in [4.78, 5) is 0. The first kappa shape index (κ1) is 13.4. The molecule has 0 radical (unpaired) electrons. The maximum atomic E-state index is 9.21. The standard InChI is InChI=1S/C19H11IN2/c20-14-6-8-15(9-7-14)22-18-4-2-1-3-16(18)17-10-5-13(12-21)11-19(17)22/h1-11H. The monoisotopic (exact) mass is 394 g/mol. The highest BCUT2D eigenvalue weighted by molar-refractivity contribution is 14.1. The van der Waals surface area contributed by atoms with Crippen molar-refractivity contribution in [3.8, 4) is 11.8 Å². The van der Waals surface area contributed by atoms with E-state index >= 15 is 0 Å². The molecular weight excluding hydrogens is 383 g/mol. The lowest BCUT2D eigenvalue weighted by Gasteiger charge is -2.07. The van der Waals surface area contributed by atoms with Gasteiger partial charge in [-0.15, -0.1) is 0 Å². The summed E-state index contributed by atoms with van der Waals surface area (Å²) in [6.07, 6.45) is 0. The van der Waals surface area contributed by atoms with E-state index in [1.165, 1.54) is 14.3 Å². The van der Waals surface area contributed by atoms with Crippen LogP contribution >= 0.6 is 22.6 Å². The van der Waals surface area contributed by atoms with E-state index in [0.29, 0.717) is 5.56 Å². The van der Waals surface area contributed by atoms with Crippen LogP contribution in [0.5, 0.6) is 0 Å². The van der Waals surface area contributed by atoms with E-state index in [4.69, 9.17) is 0 Å². The number of nitrogens with zero attached hydrogens (tertiary/aromatic N) is 2. The molecule has 0 saturated heterocycles. The van der Waals surface area contributed by atoms with E-state index in [1.807, 2.05) is 18.2 Å². The minimum Gasteiger partial charge on any atom is -0.309 e. The number of aromatic nitrogens is 1. The summed E-state index contributed by atoms with van der Waals surface area (Å²) >= 11 is 2.31. The van der Waals surface area contributed by atoms with E-state index in [0.717, 1.165) is 16.7 Å². The van der Waals surface area contributed by atoms with E-state index in [2.05, 4.69) is 81.8 Å². The van der Waals surface area contributed by atoms with Gasteiger partial charge in [-0.05, 0) is 65.1 Å². The van der Waals surface area contributed by atoms with E-state index in [9.17, 15) is 5.26 Å². The predicted octanol–water partition coefficient (Wildman–Crippen LogP) is 5.26. The molecule has 104 valence electrons. The highest BCUT2D eigenvalue weighted by Crippen LogP contribution is 2.32. The van der Waals surface area contributed by atoms with Crippen LogP contribution in [-0.2, 0) is 0 Å². The first-order valence-electron chi connectivity index (χ1n) is 6.97. The molecule has 0 spiro atoms. The molecule has 4 rings (SSSR count). The zero-order valence-corrected chi connectivity index (χ0v) is 13.8. The van der Waals surface area contributed by atoms with Crippen LogP contribution < -0.4 is 0 Å². The van der Waals surface area contributed by atoms with Gasteiger partial charge >= 0.3 is 0 Å². The van der Waals surface area contributed by atoms with Gasteiger partial charge in [0.25, 0.3) is 0 Å². The van der Waals surface area contributed by atoms with Gasteiger partial charge in [-0.2, -0.15) is 5.26 Å². The van der Waals surface area contributed by atoms with Crippen LogP contribution in [0.25, 0.3) is 27.5 Å². The topological polar surface area (TPSA) is 28.7 Å². The number of para-hydroxylation sites is 1. The Balaban J connectivity index is 2.17. The number of benzene rings is 3. The minimum absolute atomic E-state index is 0.682. The van der Waals surface area contributed by atoms with Crippen molar-refractivity contribution in [1.29, 1.82) is 5.26 Å². The zero-order chi connectivity index (χ0) is 15.1. The van der Waals surface area contributed by atoms with Crippen molar-refractivity contribution in [2.45, 2.75) is 0 Å². The molecule has 0 amide bonds. The predicted molar refractivity (Wildman–Crippen MR) is 98.2 cm³/mol. The van der Waals surface area contributed by atoms with Crippen molar-refractivity contribution in [2.75, 3.05) is 0 Å². The van der Waals surface area contributed by atoms with E-state index in [-0.39, 0.29) is 0 Å². The Hall–Kier alpha value is -2.32. The molecule has 0 bridgehead atoms. The second kappa shape index (κ2) is 5.15. The zero-order valence-electron chi connectivity index (χ0n) is 11.6. The fraction of sp³-hybridized carbons (Fsp3) is 0. The van der Waals surface area contributed by atoms with Crippen LogP contribution in [0.4, 0.5) is 0 Å². The molecule has 0 unspecified atom stereocenters. The lowest BCUT2D eigenvalue weighted by molar-refractivity contribution is 1.18. The van der Waals surface area contributed by atoms with Crippen LogP contribution in [-0.4, -0.2) is 4.57 Å². The van der Waals surface area contributed by atoms with Crippen molar-refractivity contribution in [3.05, 3.63) is 75.9 Å². The molecule has 0 fully saturated rings. The summed E-state index contributed by atoms with van der Waals surface area (Å²) in [6.45, 7) is 0. The molecule has 1 aromatic heterocycles. The maximum absolute atomic E-state index is 9.21. The molecule has 0 saturated carbocycles. The molecule has 22 heavy (non-hydrogen) atoms. The van der Waals surface area contributed by atoms with Crippen LogP contribution in [0.2, 0.25) is 0 Å². The smallest absolute Gasteiger partial charge is 0.0992 e. The lowest BCUT2D eigenvalue weighted by atomic mass is 10.1. The normalized spacial score (nSPS) is 10.9. The molecule has 0 aliphatic heterocycles. The molecule has 3 heteroatoms. The van der Waals surface area contributed by atoms with Gasteiger partial charge in [-0.3, -0.25) is 0 Å². The van der Waals surface area contributed by atoms with Crippen LogP contribution in [0, 0.1) is 14.9 Å². The van der Waals surface area contributed by atoms with Gasteiger partial charge in [0.15, 0.2) is 0 Å². The molecule has 0 N–H and O–H groups in total. The number of rotatable bonds is 1. The molecule has 0 aliphatic rings. The molecule has 1 heterocycles. The Morgan fingerprint density at radius 2 is 1.55 bits per heavy atom. The van der Waals surface area contributed by atoms with Crippen molar-refractivity contribution in [3.63, 3.8) is 0 Å². The molecule has 3 aromatic carbocycles. The highest BCUT2D eigenvalue weighted by Gasteiger charge is 2.12. The summed E-state index contributed by atoms with van der Waals surface area (Å²) in [5.41, 5.74) is 4.03. The van der Waals surface area contributed by atoms with Gasteiger partial charge in [0.1, 0.15) is 0 Å².